The van der Waals surface area contributed by atoms with Crippen LogP contribution < -0.4 is 11.1 Å². The van der Waals surface area contributed by atoms with Crippen LogP contribution in [0.2, 0.25) is 0 Å². The fourth-order valence-corrected chi connectivity index (χ4v) is 6.74. The van der Waals surface area contributed by atoms with Gasteiger partial charge in [-0.05, 0) is 49.0 Å². The third-order valence-electron chi connectivity index (χ3n) is 6.59. The van der Waals surface area contributed by atoms with Gasteiger partial charge in [0.1, 0.15) is 5.00 Å². The Hall–Kier alpha value is -2.15. The number of carbonyl (C=O) groups excluding carboxylic acids is 2. The van der Waals surface area contributed by atoms with E-state index >= 15 is 0 Å². The Morgan fingerprint density at radius 3 is 2.61 bits per heavy atom. The molecule has 3 aliphatic carbocycles. The van der Waals surface area contributed by atoms with Crippen molar-refractivity contribution in [3.8, 4) is 0 Å². The number of carbonyl (C=O) groups is 3. The first-order chi connectivity index (χ1) is 13.4. The van der Waals surface area contributed by atoms with E-state index in [0.717, 1.165) is 42.5 Å². The van der Waals surface area contributed by atoms with Gasteiger partial charge in [0, 0.05) is 4.88 Å². The highest BCUT2D eigenvalue weighted by Gasteiger charge is 2.51. The number of thiophene rings is 1. The highest BCUT2D eigenvalue weighted by atomic mass is 32.1. The number of anilines is 1. The molecule has 0 spiro atoms. The maximum absolute atomic E-state index is 13.0. The molecule has 2 amide bonds. The van der Waals surface area contributed by atoms with E-state index in [1.54, 1.807) is 0 Å². The molecule has 7 heteroatoms. The summed E-state index contributed by atoms with van der Waals surface area (Å²) >= 11 is 1.44. The van der Waals surface area contributed by atoms with E-state index in [1.807, 2.05) is 12.2 Å². The van der Waals surface area contributed by atoms with E-state index in [4.69, 9.17) is 5.73 Å². The number of hydrogen-bond donors (Lipinski definition) is 3. The van der Waals surface area contributed by atoms with E-state index in [9.17, 15) is 19.5 Å². The predicted molar refractivity (Wildman–Crippen MR) is 107 cm³/mol. The number of carboxylic acid groups (broad SMARTS) is 1. The van der Waals surface area contributed by atoms with Crippen molar-refractivity contribution in [3.05, 3.63) is 28.2 Å². The maximum Gasteiger partial charge on any atom is 0.307 e. The third-order valence-corrected chi connectivity index (χ3v) is 7.76. The van der Waals surface area contributed by atoms with E-state index in [-0.39, 0.29) is 17.7 Å². The van der Waals surface area contributed by atoms with Crippen LogP contribution in [0.1, 0.15) is 53.4 Å². The summed E-state index contributed by atoms with van der Waals surface area (Å²) in [6.45, 7) is 2.17. The highest BCUT2D eigenvalue weighted by molar-refractivity contribution is 7.17. The van der Waals surface area contributed by atoms with Crippen LogP contribution in [-0.4, -0.2) is 22.9 Å². The summed E-state index contributed by atoms with van der Waals surface area (Å²) in [6.07, 6.45) is 9.62. The summed E-state index contributed by atoms with van der Waals surface area (Å²) in [5, 5.41) is 13.0. The minimum atomic E-state index is -0.931. The van der Waals surface area contributed by atoms with Gasteiger partial charge in [-0.15, -0.1) is 11.3 Å². The molecular formula is C21H26N2O4S. The van der Waals surface area contributed by atoms with Crippen LogP contribution in [0.25, 0.3) is 0 Å². The molecular weight excluding hydrogens is 376 g/mol. The van der Waals surface area contributed by atoms with E-state index in [0.29, 0.717) is 22.9 Å². The molecule has 150 valence electrons. The fourth-order valence-electron chi connectivity index (χ4n) is 5.37. The van der Waals surface area contributed by atoms with Crippen LogP contribution in [0.3, 0.4) is 0 Å². The number of rotatable bonds is 6. The largest absolute Gasteiger partial charge is 0.481 e. The Balaban J connectivity index is 1.60. The molecule has 2 bridgehead atoms. The second-order valence-corrected chi connectivity index (χ2v) is 9.40. The lowest BCUT2D eigenvalue weighted by molar-refractivity contribution is -0.146. The smallest absolute Gasteiger partial charge is 0.307 e. The van der Waals surface area contributed by atoms with Crippen LogP contribution in [-0.2, 0) is 22.4 Å². The molecule has 1 fully saturated rings. The molecule has 0 unspecified atom stereocenters. The van der Waals surface area contributed by atoms with Crippen LogP contribution in [0, 0.1) is 29.6 Å². The lowest BCUT2D eigenvalue weighted by Crippen LogP contribution is -2.36. The van der Waals surface area contributed by atoms with Gasteiger partial charge in [-0.1, -0.05) is 31.9 Å². The number of hydrogen-bond acceptors (Lipinski definition) is 4. The van der Waals surface area contributed by atoms with Gasteiger partial charge in [0.15, 0.2) is 0 Å². The Kier molecular flexibility index (Phi) is 5.04. The molecule has 4 rings (SSSR count). The number of primary amides is 1. The van der Waals surface area contributed by atoms with Gasteiger partial charge >= 0.3 is 5.97 Å². The third kappa shape index (κ3) is 3.15. The minimum absolute atomic E-state index is 0.0494. The first-order valence-corrected chi connectivity index (χ1v) is 10.9. The van der Waals surface area contributed by atoms with Crippen molar-refractivity contribution in [2.75, 3.05) is 5.32 Å². The minimum Gasteiger partial charge on any atom is -0.481 e. The molecule has 6 nitrogen and oxygen atoms in total. The molecule has 0 aliphatic heterocycles. The van der Waals surface area contributed by atoms with Crippen LogP contribution in [0.4, 0.5) is 5.00 Å². The predicted octanol–water partition coefficient (Wildman–Crippen LogP) is 3.21. The number of nitrogens with two attached hydrogens (primary N) is 1. The molecule has 1 heterocycles. The lowest BCUT2D eigenvalue weighted by atomic mass is 9.82. The molecule has 4 N–H and O–H groups in total. The standard InChI is InChI=1S/C21H26N2O4S/c1-2-3-10-4-7-13-14(8-10)28-20(17(13)18(22)24)23-19(25)15-11-5-6-12(9-11)16(15)21(26)27/h5-6,10-12,15-16H,2-4,7-9H2,1H3,(H2,22,24)(H,23,25)(H,26,27)/t10-,11-,12+,15-,16+/m1/s1. The Morgan fingerprint density at radius 2 is 1.96 bits per heavy atom. The number of aliphatic carboxylic acids is 1. The lowest BCUT2D eigenvalue weighted by Gasteiger charge is -2.23. The first kappa shape index (κ1) is 19.2. The molecule has 3 aliphatic rings. The van der Waals surface area contributed by atoms with Crippen molar-refractivity contribution < 1.29 is 19.5 Å². The number of amides is 2. The summed E-state index contributed by atoms with van der Waals surface area (Å²) in [5.41, 5.74) is 7.05. The zero-order chi connectivity index (χ0) is 20.0. The monoisotopic (exact) mass is 402 g/mol. The van der Waals surface area contributed by atoms with Gasteiger partial charge < -0.3 is 16.2 Å². The van der Waals surface area contributed by atoms with Crippen LogP contribution >= 0.6 is 11.3 Å². The van der Waals surface area contributed by atoms with Gasteiger partial charge in [-0.2, -0.15) is 0 Å². The number of carboxylic acids is 1. The first-order valence-electron chi connectivity index (χ1n) is 10.1. The van der Waals surface area contributed by atoms with E-state index in [1.165, 1.54) is 11.3 Å². The summed E-state index contributed by atoms with van der Waals surface area (Å²) < 4.78 is 0. The van der Waals surface area contributed by atoms with Gasteiger partial charge in [-0.3, -0.25) is 14.4 Å². The highest BCUT2D eigenvalue weighted by Crippen LogP contribution is 2.49. The van der Waals surface area contributed by atoms with Gasteiger partial charge in [0.25, 0.3) is 5.91 Å². The quantitative estimate of drug-likeness (QED) is 0.635. The number of allylic oxidation sites excluding steroid dienone is 2. The van der Waals surface area contributed by atoms with Crippen molar-refractivity contribution >= 4 is 34.1 Å². The molecule has 5 atom stereocenters. The summed E-state index contributed by atoms with van der Waals surface area (Å²) in [5.74, 6) is -2.59. The zero-order valence-electron chi connectivity index (χ0n) is 15.9. The maximum atomic E-state index is 13.0. The molecule has 1 aromatic rings. The van der Waals surface area contributed by atoms with Crippen molar-refractivity contribution in [1.29, 1.82) is 0 Å². The molecule has 0 radical (unpaired) electrons. The average Bonchev–Trinajstić information content (AvgIpc) is 3.33. The topological polar surface area (TPSA) is 109 Å². The molecule has 28 heavy (non-hydrogen) atoms. The van der Waals surface area contributed by atoms with E-state index < -0.39 is 23.7 Å². The van der Waals surface area contributed by atoms with Crippen LogP contribution in [0.15, 0.2) is 12.2 Å². The van der Waals surface area contributed by atoms with E-state index in [2.05, 4.69) is 12.2 Å². The van der Waals surface area contributed by atoms with Gasteiger partial charge in [-0.25, -0.2) is 0 Å². The average molecular weight is 403 g/mol. The molecule has 0 aromatic carbocycles. The molecule has 1 aromatic heterocycles. The fraction of sp³-hybridized carbons (Fsp3) is 0.571. The van der Waals surface area contributed by atoms with Gasteiger partial charge in [0.05, 0.1) is 17.4 Å². The van der Waals surface area contributed by atoms with Gasteiger partial charge in [0.2, 0.25) is 5.91 Å². The second-order valence-electron chi connectivity index (χ2n) is 8.30. The summed E-state index contributed by atoms with van der Waals surface area (Å²) in [6, 6.07) is 0. The molecule has 0 saturated heterocycles. The van der Waals surface area contributed by atoms with Crippen molar-refractivity contribution in [2.45, 2.75) is 45.4 Å². The van der Waals surface area contributed by atoms with Crippen molar-refractivity contribution in [2.24, 2.45) is 35.3 Å². The van der Waals surface area contributed by atoms with Crippen molar-refractivity contribution in [3.63, 3.8) is 0 Å². The molecule has 1 saturated carbocycles. The zero-order valence-corrected chi connectivity index (χ0v) is 16.8. The summed E-state index contributed by atoms with van der Waals surface area (Å²) in [4.78, 5) is 38.0. The Bertz CT molecular complexity index is 859. The Labute approximate surface area is 168 Å². The normalized spacial score (nSPS) is 30.2. The second kappa shape index (κ2) is 7.35. The SMILES string of the molecule is CCC[C@@H]1CCc2c(sc(NC(=O)[C@H]3[C@@H](C(=O)O)[C@H]4C=C[C@@H]3C4)c2C(N)=O)C1. The summed E-state index contributed by atoms with van der Waals surface area (Å²) in [7, 11) is 0. The van der Waals surface area contributed by atoms with Crippen LogP contribution in [0.5, 0.6) is 0 Å². The number of fused-ring (bicyclic) bond motifs is 3. The number of nitrogens with one attached hydrogen (secondary N) is 1. The van der Waals surface area contributed by atoms with Crippen molar-refractivity contribution in [1.82, 2.24) is 0 Å². The Morgan fingerprint density at radius 1 is 1.25 bits per heavy atom.